The number of carbonyl (C=O) groups excluding carboxylic acids is 4. The first-order valence-corrected chi connectivity index (χ1v) is 23.6. The molecule has 4 amide bonds. The van der Waals surface area contributed by atoms with E-state index in [1.165, 1.54) is 16.8 Å². The van der Waals surface area contributed by atoms with Gasteiger partial charge in [-0.3, -0.25) is 19.7 Å². The second kappa shape index (κ2) is 24.8. The van der Waals surface area contributed by atoms with E-state index in [9.17, 15) is 29.4 Å². The maximum Gasteiger partial charge on any atom is 0.408 e. The summed E-state index contributed by atoms with van der Waals surface area (Å²) in [6, 6.07) is -3.40. The largest absolute Gasteiger partial charge is 0.444 e. The van der Waals surface area contributed by atoms with E-state index < -0.39 is 60.0 Å². The molecule has 6 atom stereocenters. The van der Waals surface area contributed by atoms with Gasteiger partial charge < -0.3 is 45.3 Å². The molecule has 4 rings (SSSR count). The third-order valence-corrected chi connectivity index (χ3v) is 12.1. The minimum Gasteiger partial charge on any atom is -0.444 e. The van der Waals surface area contributed by atoms with E-state index in [1.54, 1.807) is 34.0 Å². The van der Waals surface area contributed by atoms with Gasteiger partial charge in [0.1, 0.15) is 30.5 Å². The van der Waals surface area contributed by atoms with Crippen molar-refractivity contribution in [1.29, 1.82) is 0 Å². The zero-order valence-corrected chi connectivity index (χ0v) is 40.3. The lowest BCUT2D eigenvalue weighted by Crippen LogP contribution is -2.60. The van der Waals surface area contributed by atoms with Gasteiger partial charge in [0.25, 0.3) is 0 Å². The Kier molecular flexibility index (Phi) is 20.3. The maximum atomic E-state index is 14.5. The Morgan fingerprint density at radius 3 is 2.33 bits per heavy atom. The lowest BCUT2D eigenvalue weighted by molar-refractivity contribution is -0.865. The summed E-state index contributed by atoms with van der Waals surface area (Å²) in [5.74, 6) is -0.799. The van der Waals surface area contributed by atoms with Crippen LogP contribution in [0.1, 0.15) is 124 Å². The summed E-state index contributed by atoms with van der Waals surface area (Å²) < 4.78 is 6.38. The normalized spacial score (nSPS) is 19.0. The van der Waals surface area contributed by atoms with Gasteiger partial charge in [0, 0.05) is 37.9 Å². The molecule has 15 nitrogen and oxygen atoms in total. The molecule has 64 heavy (non-hydrogen) atoms. The fraction of sp³-hybridized carbons (Fsp3) is 0.694. The highest BCUT2D eigenvalue weighted by Crippen LogP contribution is 2.29. The average Bonchev–Trinajstić information content (AvgIpc) is 3.73. The molecule has 1 saturated carbocycles. The maximum absolute atomic E-state index is 14.5. The predicted octanol–water partition coefficient (Wildman–Crippen LogP) is 5.34. The number of carbonyl (C=O) groups is 4. The minimum atomic E-state index is -1.37. The number of nitrogens with zero attached hydrogens (tertiary/aromatic N) is 3. The van der Waals surface area contributed by atoms with Gasteiger partial charge in [0.15, 0.2) is 0 Å². The molecule has 3 aliphatic carbocycles. The smallest absolute Gasteiger partial charge is 0.408 e. The number of H-pyrrole nitrogens is 1. The van der Waals surface area contributed by atoms with Crippen molar-refractivity contribution in [3.05, 3.63) is 65.3 Å². The molecule has 3 aliphatic rings. The molecular formula is C49H81N8O7+. The van der Waals surface area contributed by atoms with Gasteiger partial charge in [-0.1, -0.05) is 81.9 Å². The molecule has 0 aliphatic heterocycles. The van der Waals surface area contributed by atoms with Crippen molar-refractivity contribution in [1.82, 2.24) is 36.1 Å². The number of likely N-dealkylation sites (N-methyl/N-ethyl adjacent to an activating group) is 2. The van der Waals surface area contributed by atoms with Crippen LogP contribution in [-0.2, 0) is 25.5 Å². The number of amides is 4. The molecule has 1 aromatic rings. The molecule has 0 aromatic carbocycles. The van der Waals surface area contributed by atoms with Crippen molar-refractivity contribution >= 4 is 23.8 Å². The van der Waals surface area contributed by atoms with Crippen LogP contribution in [0.25, 0.3) is 0 Å². The second-order valence-electron chi connectivity index (χ2n) is 20.8. The van der Waals surface area contributed by atoms with Gasteiger partial charge >= 0.3 is 6.09 Å². The summed E-state index contributed by atoms with van der Waals surface area (Å²) in [5.41, 5.74) is 3.28. The molecule has 358 valence electrons. The summed E-state index contributed by atoms with van der Waals surface area (Å²) in [6.45, 7) is 10.6. The van der Waals surface area contributed by atoms with E-state index in [2.05, 4.69) is 70.6 Å². The van der Waals surface area contributed by atoms with Crippen LogP contribution in [0.4, 0.5) is 4.79 Å². The Balaban J connectivity index is 1.51. The van der Waals surface area contributed by atoms with Crippen molar-refractivity contribution in [2.45, 2.75) is 167 Å². The number of rotatable bonds is 23. The molecule has 1 aromatic heterocycles. The SMILES string of the molecule is CC(C)C[C@H](NC(=O)C[C@H](O)[C@H](CC1CCCCC1)NC(O)[C@H](Cc1cnc[nH]1)N(C)C(=O)[C@H](CC1=CC=CCC1)NC(=O)OC(C)(C)C)C(=O)NCC1=CCCC(C[N+](C)(C)C)=C1. The van der Waals surface area contributed by atoms with Crippen LogP contribution in [0.5, 0.6) is 0 Å². The minimum absolute atomic E-state index is 0.114. The lowest BCUT2D eigenvalue weighted by Gasteiger charge is -2.38. The first kappa shape index (κ1) is 52.3. The van der Waals surface area contributed by atoms with Gasteiger partial charge in [-0.15, -0.1) is 0 Å². The fourth-order valence-corrected chi connectivity index (χ4v) is 8.97. The number of allylic oxidation sites excluding steroid dienone is 4. The molecule has 1 heterocycles. The molecule has 0 spiro atoms. The van der Waals surface area contributed by atoms with Gasteiger partial charge in [-0.25, -0.2) is 9.78 Å². The van der Waals surface area contributed by atoms with Crippen molar-refractivity contribution < 1.29 is 38.6 Å². The highest BCUT2D eigenvalue weighted by Gasteiger charge is 2.37. The number of hydrogen-bond donors (Lipinski definition) is 7. The predicted molar refractivity (Wildman–Crippen MR) is 251 cm³/mol. The van der Waals surface area contributed by atoms with E-state index in [0.717, 1.165) is 80.0 Å². The van der Waals surface area contributed by atoms with E-state index in [4.69, 9.17) is 4.74 Å². The van der Waals surface area contributed by atoms with E-state index in [-0.39, 0.29) is 37.0 Å². The van der Waals surface area contributed by atoms with Crippen molar-refractivity contribution in [3.8, 4) is 0 Å². The van der Waals surface area contributed by atoms with E-state index in [0.29, 0.717) is 25.1 Å². The summed E-state index contributed by atoms with van der Waals surface area (Å²) in [6.07, 6.45) is 19.8. The molecule has 0 saturated heterocycles. The van der Waals surface area contributed by atoms with Crippen LogP contribution in [0.2, 0.25) is 0 Å². The number of nitrogens with one attached hydrogen (secondary N) is 5. The van der Waals surface area contributed by atoms with Crippen molar-refractivity contribution in [2.75, 3.05) is 41.3 Å². The third kappa shape index (κ3) is 18.7. The number of aromatic nitrogens is 2. The van der Waals surface area contributed by atoms with Crippen LogP contribution >= 0.6 is 0 Å². The molecule has 1 unspecified atom stereocenters. The molecular weight excluding hydrogens is 813 g/mol. The zero-order valence-electron chi connectivity index (χ0n) is 40.3. The van der Waals surface area contributed by atoms with Crippen LogP contribution in [0.3, 0.4) is 0 Å². The van der Waals surface area contributed by atoms with Crippen LogP contribution in [0.15, 0.2) is 59.6 Å². The standard InChI is InChI=1S/C49H80N8O7/c1-33(2)23-40(45(60)51-29-36-21-16-22-37(24-36)31-57(7,8)9)53-44(59)28-43(58)39(25-34-17-12-10-13-18-34)54-46(61)42(27-38-30-50-32-52-38)56(6)47(62)41(26-35-19-14-11-15-20-35)55-48(63)64-49(3,4)5/h11,14,19,21,24,30,32-34,39-43,46,54,58,61H,10,12-13,15-18,20,22-23,25-29,31H2,1-9H3,(H3-,50,51,52,53,55,59,60,63)/p+1/t39-,40-,41-,42-,43-,46?/m0/s1. The number of alkyl carbamates (subject to hydrolysis) is 1. The van der Waals surface area contributed by atoms with Gasteiger partial charge in [-0.05, 0) is 88.7 Å². The van der Waals surface area contributed by atoms with Crippen LogP contribution in [0, 0.1) is 11.8 Å². The first-order valence-electron chi connectivity index (χ1n) is 23.6. The quantitative estimate of drug-likeness (QED) is 0.0561. The summed E-state index contributed by atoms with van der Waals surface area (Å²) in [7, 11) is 8.08. The van der Waals surface area contributed by atoms with Crippen molar-refractivity contribution in [3.63, 3.8) is 0 Å². The Bertz CT molecular complexity index is 1790. The van der Waals surface area contributed by atoms with E-state index >= 15 is 0 Å². The number of ether oxygens (including phenoxy) is 1. The highest BCUT2D eigenvalue weighted by atomic mass is 16.6. The Labute approximate surface area is 382 Å². The molecule has 7 N–H and O–H groups in total. The molecule has 1 fully saturated rings. The summed E-state index contributed by atoms with van der Waals surface area (Å²) in [5, 5.41) is 36.1. The van der Waals surface area contributed by atoms with Gasteiger partial charge in [0.2, 0.25) is 17.7 Å². The number of aliphatic hydroxyl groups excluding tert-OH is 2. The Morgan fingerprint density at radius 1 is 0.984 bits per heavy atom. The zero-order chi connectivity index (χ0) is 47.0. The monoisotopic (exact) mass is 894 g/mol. The number of aromatic amines is 1. The lowest BCUT2D eigenvalue weighted by atomic mass is 9.83. The number of hydrogen-bond acceptors (Lipinski definition) is 9. The molecule has 0 bridgehead atoms. The summed E-state index contributed by atoms with van der Waals surface area (Å²) >= 11 is 0. The Hall–Kier alpha value is -4.31. The number of aliphatic hydroxyl groups is 2. The number of quaternary nitrogens is 1. The second-order valence-corrected chi connectivity index (χ2v) is 20.8. The molecule has 15 heteroatoms. The third-order valence-electron chi connectivity index (χ3n) is 12.1. The fourth-order valence-electron chi connectivity index (χ4n) is 8.97. The number of imidazole rings is 1. The highest BCUT2D eigenvalue weighted by molar-refractivity contribution is 5.88. The van der Waals surface area contributed by atoms with Crippen molar-refractivity contribution in [2.24, 2.45) is 11.8 Å². The summed E-state index contributed by atoms with van der Waals surface area (Å²) in [4.78, 5) is 63.7. The van der Waals surface area contributed by atoms with Gasteiger partial charge in [0.05, 0.1) is 46.0 Å². The van der Waals surface area contributed by atoms with Gasteiger partial charge in [-0.2, -0.15) is 0 Å². The van der Waals surface area contributed by atoms with Crippen LogP contribution in [-0.4, -0.2) is 137 Å². The average molecular weight is 894 g/mol. The van der Waals surface area contributed by atoms with Crippen LogP contribution < -0.4 is 21.3 Å². The topological polar surface area (TPSA) is 198 Å². The van der Waals surface area contributed by atoms with E-state index in [1.807, 2.05) is 26.0 Å². The molecule has 0 radical (unpaired) electrons. The Morgan fingerprint density at radius 2 is 1.70 bits per heavy atom. The first-order chi connectivity index (χ1) is 30.2.